The van der Waals surface area contributed by atoms with Gasteiger partial charge in [-0.1, -0.05) is 27.7 Å². The maximum absolute atomic E-state index is 12.5. The second-order valence-electron chi connectivity index (χ2n) is 9.75. The fourth-order valence-corrected chi connectivity index (χ4v) is 6.08. The van der Waals surface area contributed by atoms with Crippen molar-refractivity contribution in [2.45, 2.75) is 85.0 Å². The highest BCUT2D eigenvalue weighted by molar-refractivity contribution is 6.00. The Morgan fingerprint density at radius 2 is 1.89 bits per heavy atom. The number of aliphatic hydroxyl groups excluding tert-OH is 1. The van der Waals surface area contributed by atoms with Crippen LogP contribution in [0.25, 0.3) is 0 Å². The quantitative estimate of drug-likeness (QED) is 0.722. The lowest BCUT2D eigenvalue weighted by atomic mass is 9.61. The normalized spacial score (nSPS) is 44.8. The van der Waals surface area contributed by atoms with E-state index < -0.39 is 23.0 Å². The van der Waals surface area contributed by atoms with Gasteiger partial charge in [0.1, 0.15) is 6.10 Å². The van der Waals surface area contributed by atoms with Crippen molar-refractivity contribution in [2.24, 2.45) is 29.1 Å². The van der Waals surface area contributed by atoms with Crippen molar-refractivity contribution < 1.29 is 24.5 Å². The number of fused-ring (bicyclic) bond motifs is 2. The molecule has 0 aromatic heterocycles. The largest absolute Gasteiger partial charge is 0.462 e. The summed E-state index contributed by atoms with van der Waals surface area (Å²) in [6, 6.07) is 0. The molecule has 3 aliphatic carbocycles. The van der Waals surface area contributed by atoms with Gasteiger partial charge in [-0.2, -0.15) is 0 Å². The summed E-state index contributed by atoms with van der Waals surface area (Å²) in [7, 11) is 0. The minimum absolute atomic E-state index is 0.0407. The zero-order chi connectivity index (χ0) is 20.3. The van der Waals surface area contributed by atoms with Crippen molar-refractivity contribution in [3.8, 4) is 0 Å². The van der Waals surface area contributed by atoms with E-state index in [0.717, 1.165) is 12.0 Å². The highest BCUT2D eigenvalue weighted by Crippen LogP contribution is 2.60. The van der Waals surface area contributed by atoms with Crippen LogP contribution >= 0.6 is 0 Å². The molecular formula is C22H34O5. The zero-order valence-electron chi connectivity index (χ0n) is 17.4. The van der Waals surface area contributed by atoms with Crippen LogP contribution in [-0.2, 0) is 14.3 Å². The first-order valence-corrected chi connectivity index (χ1v) is 10.2. The van der Waals surface area contributed by atoms with Gasteiger partial charge in [-0.05, 0) is 55.1 Å². The molecule has 0 heterocycles. The highest BCUT2D eigenvalue weighted by atomic mass is 16.5. The van der Waals surface area contributed by atoms with Crippen LogP contribution in [0.2, 0.25) is 0 Å². The Balaban J connectivity index is 2.12. The Morgan fingerprint density at radius 1 is 1.26 bits per heavy atom. The second-order valence-corrected chi connectivity index (χ2v) is 9.75. The molecule has 0 saturated heterocycles. The lowest BCUT2D eigenvalue weighted by Crippen LogP contribution is -2.50. The van der Waals surface area contributed by atoms with Crippen LogP contribution in [0.3, 0.4) is 0 Å². The average molecular weight is 379 g/mol. The number of hydrogen-bond donors (Lipinski definition) is 2. The number of ketones is 1. The van der Waals surface area contributed by atoms with Crippen LogP contribution in [0.4, 0.5) is 0 Å². The van der Waals surface area contributed by atoms with Gasteiger partial charge in [0.05, 0.1) is 11.7 Å². The number of carbonyl (C=O) groups excluding carboxylic acids is 2. The topological polar surface area (TPSA) is 83.8 Å². The van der Waals surface area contributed by atoms with Gasteiger partial charge in [0.25, 0.3) is 0 Å². The van der Waals surface area contributed by atoms with Gasteiger partial charge in [0.15, 0.2) is 5.78 Å². The van der Waals surface area contributed by atoms with Crippen molar-refractivity contribution >= 4 is 11.8 Å². The Kier molecular flexibility index (Phi) is 5.09. The molecular weight excluding hydrogens is 344 g/mol. The van der Waals surface area contributed by atoms with Crippen molar-refractivity contribution in [3.63, 3.8) is 0 Å². The predicted molar refractivity (Wildman–Crippen MR) is 102 cm³/mol. The van der Waals surface area contributed by atoms with Crippen LogP contribution < -0.4 is 0 Å². The maximum Gasteiger partial charge on any atom is 0.302 e. The molecule has 0 unspecified atom stereocenters. The minimum Gasteiger partial charge on any atom is -0.462 e. The molecule has 3 aliphatic rings. The lowest BCUT2D eigenvalue weighted by molar-refractivity contribution is -0.153. The Bertz CT molecular complexity index is 680. The van der Waals surface area contributed by atoms with Gasteiger partial charge in [0.2, 0.25) is 0 Å². The number of ether oxygens (including phenoxy) is 1. The van der Waals surface area contributed by atoms with E-state index in [1.165, 1.54) is 6.92 Å². The molecule has 2 saturated carbocycles. The summed E-state index contributed by atoms with van der Waals surface area (Å²) in [5.41, 5.74) is -0.344. The molecule has 0 radical (unpaired) electrons. The molecule has 152 valence electrons. The van der Waals surface area contributed by atoms with Crippen LogP contribution in [0, 0.1) is 29.1 Å². The van der Waals surface area contributed by atoms with Crippen molar-refractivity contribution in [3.05, 3.63) is 11.1 Å². The van der Waals surface area contributed by atoms with Crippen LogP contribution in [0.15, 0.2) is 11.1 Å². The molecule has 0 amide bonds. The summed E-state index contributed by atoms with van der Waals surface area (Å²) in [4.78, 5) is 24.2. The van der Waals surface area contributed by atoms with Gasteiger partial charge >= 0.3 is 5.97 Å². The van der Waals surface area contributed by atoms with Gasteiger partial charge < -0.3 is 14.9 Å². The first-order valence-electron chi connectivity index (χ1n) is 10.2. The molecule has 3 rings (SSSR count). The van der Waals surface area contributed by atoms with Crippen LogP contribution in [-0.4, -0.2) is 39.8 Å². The lowest BCUT2D eigenvalue weighted by Gasteiger charge is -2.47. The van der Waals surface area contributed by atoms with E-state index in [0.29, 0.717) is 30.3 Å². The molecule has 2 fully saturated rings. The van der Waals surface area contributed by atoms with Crippen LogP contribution in [0.1, 0.15) is 67.2 Å². The molecule has 5 heteroatoms. The predicted octanol–water partition coefficient (Wildman–Crippen LogP) is 3.03. The third-order valence-electron chi connectivity index (χ3n) is 7.96. The molecule has 0 aromatic carbocycles. The SMILES string of the molecule is CC(=O)O[C@H]1C[C@H](C(C)C)[C@@H]2C[C@H](O)[C@H](C)[C@]3(O)CC(=O)C(C)=C3C[C@@]12C. The number of esters is 1. The van der Waals surface area contributed by atoms with E-state index in [2.05, 4.69) is 20.8 Å². The van der Waals surface area contributed by atoms with Crippen molar-refractivity contribution in [1.29, 1.82) is 0 Å². The van der Waals surface area contributed by atoms with E-state index in [-0.39, 0.29) is 30.2 Å². The van der Waals surface area contributed by atoms with Crippen molar-refractivity contribution in [2.75, 3.05) is 0 Å². The van der Waals surface area contributed by atoms with Crippen molar-refractivity contribution in [1.82, 2.24) is 0 Å². The average Bonchev–Trinajstić information content (AvgIpc) is 2.94. The molecule has 0 aliphatic heterocycles. The summed E-state index contributed by atoms with van der Waals surface area (Å²) in [6.07, 6.45) is 0.918. The molecule has 27 heavy (non-hydrogen) atoms. The number of aliphatic hydroxyl groups is 2. The molecule has 5 nitrogen and oxygen atoms in total. The number of carbonyl (C=O) groups is 2. The second kappa shape index (κ2) is 6.70. The number of rotatable bonds is 2. The highest BCUT2D eigenvalue weighted by Gasteiger charge is 2.60. The number of Topliss-reactive ketones (excluding diaryl/α,β-unsaturated/α-hetero) is 1. The Hall–Kier alpha value is -1.20. The standard InChI is InChI=1S/C22H34O5/c1-11(2)15-7-20(27-14(5)23)21(6)9-17-12(3)19(25)10-22(17,26)13(4)18(24)8-16(15)21/h11,13,15-16,18,20,24,26H,7-10H2,1-6H3/t13-,15+,16-,18-,20-,21+,22+/m0/s1. The summed E-state index contributed by atoms with van der Waals surface area (Å²) in [6.45, 7) is 11.5. The third kappa shape index (κ3) is 3.07. The molecule has 2 N–H and O–H groups in total. The van der Waals surface area contributed by atoms with E-state index in [1.54, 1.807) is 6.92 Å². The smallest absolute Gasteiger partial charge is 0.302 e. The molecule has 7 atom stereocenters. The van der Waals surface area contributed by atoms with Gasteiger partial charge in [0, 0.05) is 24.7 Å². The van der Waals surface area contributed by atoms with Gasteiger partial charge in [-0.3, -0.25) is 9.59 Å². The minimum atomic E-state index is -1.30. The number of hydrogen-bond acceptors (Lipinski definition) is 5. The van der Waals surface area contributed by atoms with Crippen LogP contribution in [0.5, 0.6) is 0 Å². The molecule has 0 spiro atoms. The van der Waals surface area contributed by atoms with E-state index >= 15 is 0 Å². The van der Waals surface area contributed by atoms with E-state index in [9.17, 15) is 19.8 Å². The first kappa shape index (κ1) is 20.5. The monoisotopic (exact) mass is 378 g/mol. The third-order valence-corrected chi connectivity index (χ3v) is 7.96. The van der Waals surface area contributed by atoms with E-state index in [1.807, 2.05) is 6.92 Å². The van der Waals surface area contributed by atoms with Gasteiger partial charge in [-0.15, -0.1) is 0 Å². The molecule has 0 aromatic rings. The zero-order valence-corrected chi connectivity index (χ0v) is 17.4. The van der Waals surface area contributed by atoms with E-state index in [4.69, 9.17) is 4.74 Å². The number of allylic oxidation sites excluding steroid dienone is 1. The summed E-state index contributed by atoms with van der Waals surface area (Å²) in [5.74, 6) is 0.139. The fraction of sp³-hybridized carbons (Fsp3) is 0.818. The summed E-state index contributed by atoms with van der Waals surface area (Å²) in [5, 5.41) is 22.4. The summed E-state index contributed by atoms with van der Waals surface area (Å²) < 4.78 is 5.76. The summed E-state index contributed by atoms with van der Waals surface area (Å²) >= 11 is 0. The Labute approximate surface area is 162 Å². The molecule has 0 bridgehead atoms. The first-order chi connectivity index (χ1) is 12.4. The Morgan fingerprint density at radius 3 is 2.44 bits per heavy atom. The van der Waals surface area contributed by atoms with Gasteiger partial charge in [-0.25, -0.2) is 0 Å². The fourth-order valence-electron chi connectivity index (χ4n) is 6.08. The maximum atomic E-state index is 12.5.